The van der Waals surface area contributed by atoms with Crippen LogP contribution in [0.2, 0.25) is 0 Å². The quantitative estimate of drug-likeness (QED) is 0.931. The molecule has 5 nitrogen and oxygen atoms in total. The molecular weight excluding hydrogens is 314 g/mol. The van der Waals surface area contributed by atoms with Gasteiger partial charge in [-0.2, -0.15) is 0 Å². The molecule has 0 saturated carbocycles. The highest BCUT2D eigenvalue weighted by molar-refractivity contribution is 5.96. The molecule has 1 saturated heterocycles. The first-order valence-corrected chi connectivity index (χ1v) is 8.87. The number of carbonyl (C=O) groups excluding carboxylic acids is 2. The summed E-state index contributed by atoms with van der Waals surface area (Å²) in [5, 5.41) is 2.74. The van der Waals surface area contributed by atoms with E-state index in [2.05, 4.69) is 35.9 Å². The molecule has 1 aliphatic heterocycles. The zero-order chi connectivity index (χ0) is 17.8. The van der Waals surface area contributed by atoms with E-state index in [1.807, 2.05) is 17.0 Å². The Morgan fingerprint density at radius 3 is 2.12 bits per heavy atom. The molecule has 0 spiro atoms. The fraction of sp³-hybridized carbons (Fsp3) is 0.400. The van der Waals surface area contributed by atoms with Gasteiger partial charge in [-0.3, -0.25) is 9.59 Å². The lowest BCUT2D eigenvalue weighted by molar-refractivity contribution is -0.130. The van der Waals surface area contributed by atoms with Gasteiger partial charge in [0.2, 0.25) is 5.91 Å². The van der Waals surface area contributed by atoms with Crippen molar-refractivity contribution in [3.8, 4) is 5.69 Å². The third-order valence-electron chi connectivity index (χ3n) is 4.77. The maximum absolute atomic E-state index is 12.3. The molecule has 1 fully saturated rings. The minimum absolute atomic E-state index is 0.00302. The van der Waals surface area contributed by atoms with E-state index < -0.39 is 0 Å². The van der Waals surface area contributed by atoms with Gasteiger partial charge >= 0.3 is 0 Å². The molecular formula is C20H25N3O2. The zero-order valence-electron chi connectivity index (χ0n) is 14.9. The lowest BCUT2D eigenvalue weighted by atomic mass is 10.1. The number of benzene rings is 1. The van der Waals surface area contributed by atoms with Gasteiger partial charge < -0.3 is 14.8 Å². The first kappa shape index (κ1) is 17.3. The Labute approximate surface area is 148 Å². The average molecular weight is 339 g/mol. The van der Waals surface area contributed by atoms with Crippen LogP contribution in [0.15, 0.2) is 36.4 Å². The molecule has 132 valence electrons. The molecule has 2 amide bonds. The van der Waals surface area contributed by atoms with Gasteiger partial charge in [0.1, 0.15) is 0 Å². The molecule has 3 rings (SSSR count). The Kier molecular flexibility index (Phi) is 5.22. The molecule has 0 unspecified atom stereocenters. The van der Waals surface area contributed by atoms with Crippen LogP contribution in [0, 0.1) is 13.8 Å². The molecule has 0 aliphatic carbocycles. The Morgan fingerprint density at radius 2 is 1.52 bits per heavy atom. The number of likely N-dealkylation sites (tertiary alicyclic amines) is 1. The fourth-order valence-corrected chi connectivity index (χ4v) is 3.35. The van der Waals surface area contributed by atoms with Gasteiger partial charge in [0.15, 0.2) is 0 Å². The van der Waals surface area contributed by atoms with Crippen LogP contribution in [-0.2, 0) is 4.79 Å². The van der Waals surface area contributed by atoms with Gasteiger partial charge in [-0.25, -0.2) is 0 Å². The smallest absolute Gasteiger partial charge is 0.251 e. The number of amides is 2. The van der Waals surface area contributed by atoms with E-state index in [1.54, 1.807) is 12.1 Å². The van der Waals surface area contributed by atoms with Gasteiger partial charge in [0.05, 0.1) is 6.54 Å². The number of rotatable bonds is 4. The highest BCUT2D eigenvalue weighted by Gasteiger charge is 2.17. The normalized spacial score (nSPS) is 14.4. The molecule has 0 atom stereocenters. The van der Waals surface area contributed by atoms with Crippen LogP contribution >= 0.6 is 0 Å². The van der Waals surface area contributed by atoms with Crippen LogP contribution in [0.4, 0.5) is 0 Å². The summed E-state index contributed by atoms with van der Waals surface area (Å²) in [6.45, 7) is 5.79. The number of nitrogens with one attached hydrogen (secondary N) is 1. The van der Waals surface area contributed by atoms with Crippen LogP contribution in [0.25, 0.3) is 5.69 Å². The van der Waals surface area contributed by atoms with E-state index in [9.17, 15) is 9.59 Å². The topological polar surface area (TPSA) is 54.3 Å². The van der Waals surface area contributed by atoms with Crippen molar-refractivity contribution in [1.82, 2.24) is 14.8 Å². The predicted octanol–water partition coefficient (Wildman–Crippen LogP) is 2.84. The van der Waals surface area contributed by atoms with Crippen molar-refractivity contribution < 1.29 is 9.59 Å². The van der Waals surface area contributed by atoms with Crippen molar-refractivity contribution in [3.63, 3.8) is 0 Å². The molecule has 1 aliphatic rings. The standard InChI is InChI=1S/C20H25N3O2/c1-15-6-7-16(2)23(15)18-10-8-17(9-11-18)20(25)21-14-19(24)22-12-4-3-5-13-22/h6-11H,3-5,12-14H2,1-2H3,(H,21,25). The fourth-order valence-electron chi connectivity index (χ4n) is 3.35. The molecule has 2 aromatic rings. The molecule has 25 heavy (non-hydrogen) atoms. The van der Waals surface area contributed by atoms with Gasteiger partial charge in [0.25, 0.3) is 5.91 Å². The van der Waals surface area contributed by atoms with E-state index >= 15 is 0 Å². The molecule has 1 aromatic carbocycles. The van der Waals surface area contributed by atoms with Crippen LogP contribution in [0.1, 0.15) is 41.0 Å². The number of hydrogen-bond acceptors (Lipinski definition) is 2. The van der Waals surface area contributed by atoms with Gasteiger partial charge in [-0.15, -0.1) is 0 Å². The summed E-state index contributed by atoms with van der Waals surface area (Å²) in [6.07, 6.45) is 3.29. The van der Waals surface area contributed by atoms with E-state index in [-0.39, 0.29) is 18.4 Å². The summed E-state index contributed by atoms with van der Waals surface area (Å²) in [7, 11) is 0. The molecule has 0 radical (unpaired) electrons. The van der Waals surface area contributed by atoms with Crippen LogP contribution in [-0.4, -0.2) is 40.9 Å². The van der Waals surface area contributed by atoms with E-state index in [4.69, 9.17) is 0 Å². The van der Waals surface area contributed by atoms with E-state index in [0.29, 0.717) is 5.56 Å². The third-order valence-corrected chi connectivity index (χ3v) is 4.77. The van der Waals surface area contributed by atoms with Crippen LogP contribution < -0.4 is 5.32 Å². The largest absolute Gasteiger partial charge is 0.343 e. The van der Waals surface area contributed by atoms with Crippen molar-refractivity contribution in [2.45, 2.75) is 33.1 Å². The Bertz CT molecular complexity index is 736. The number of carbonyl (C=O) groups is 2. The average Bonchev–Trinajstić information content (AvgIpc) is 2.98. The van der Waals surface area contributed by atoms with Crippen LogP contribution in [0.3, 0.4) is 0 Å². The van der Waals surface area contributed by atoms with E-state index in [1.165, 1.54) is 6.42 Å². The highest BCUT2D eigenvalue weighted by Crippen LogP contribution is 2.17. The summed E-state index contributed by atoms with van der Waals surface area (Å²) in [6, 6.07) is 11.6. The van der Waals surface area contributed by atoms with Crippen molar-refractivity contribution in [2.24, 2.45) is 0 Å². The molecule has 5 heteroatoms. The van der Waals surface area contributed by atoms with Crippen molar-refractivity contribution in [1.29, 1.82) is 0 Å². The number of nitrogens with zero attached hydrogens (tertiary/aromatic N) is 2. The Morgan fingerprint density at radius 1 is 0.920 bits per heavy atom. The molecule has 2 heterocycles. The van der Waals surface area contributed by atoms with Crippen molar-refractivity contribution in [3.05, 3.63) is 53.3 Å². The van der Waals surface area contributed by atoms with Crippen molar-refractivity contribution >= 4 is 11.8 Å². The third kappa shape index (κ3) is 3.92. The molecule has 0 bridgehead atoms. The number of aromatic nitrogens is 1. The second-order valence-electron chi connectivity index (χ2n) is 6.62. The first-order chi connectivity index (χ1) is 12.1. The Balaban J connectivity index is 1.60. The van der Waals surface area contributed by atoms with Gasteiger partial charge in [0, 0.05) is 35.7 Å². The summed E-state index contributed by atoms with van der Waals surface area (Å²) in [5.74, 6) is -0.207. The van der Waals surface area contributed by atoms with Crippen LogP contribution in [0.5, 0.6) is 0 Å². The molecule has 1 aromatic heterocycles. The second-order valence-corrected chi connectivity index (χ2v) is 6.62. The van der Waals surface area contributed by atoms with Gasteiger partial charge in [-0.1, -0.05) is 0 Å². The highest BCUT2D eigenvalue weighted by atomic mass is 16.2. The minimum Gasteiger partial charge on any atom is -0.343 e. The lowest BCUT2D eigenvalue weighted by Crippen LogP contribution is -2.42. The number of hydrogen-bond donors (Lipinski definition) is 1. The molecule has 1 N–H and O–H groups in total. The predicted molar refractivity (Wildman–Crippen MR) is 98.0 cm³/mol. The summed E-state index contributed by atoms with van der Waals surface area (Å²) < 4.78 is 2.14. The summed E-state index contributed by atoms with van der Waals surface area (Å²) >= 11 is 0. The maximum atomic E-state index is 12.3. The first-order valence-electron chi connectivity index (χ1n) is 8.87. The van der Waals surface area contributed by atoms with Gasteiger partial charge in [-0.05, 0) is 69.5 Å². The monoisotopic (exact) mass is 339 g/mol. The maximum Gasteiger partial charge on any atom is 0.251 e. The van der Waals surface area contributed by atoms with Crippen molar-refractivity contribution in [2.75, 3.05) is 19.6 Å². The second kappa shape index (κ2) is 7.55. The number of aryl methyl sites for hydroxylation is 2. The Hall–Kier alpha value is -2.56. The minimum atomic E-state index is -0.210. The summed E-state index contributed by atoms with van der Waals surface area (Å²) in [5.41, 5.74) is 3.90. The number of piperidine rings is 1. The SMILES string of the molecule is Cc1ccc(C)n1-c1ccc(C(=O)NCC(=O)N2CCCCC2)cc1. The van der Waals surface area contributed by atoms with E-state index in [0.717, 1.165) is 43.0 Å². The lowest BCUT2D eigenvalue weighted by Gasteiger charge is -2.26. The summed E-state index contributed by atoms with van der Waals surface area (Å²) in [4.78, 5) is 26.2. The zero-order valence-corrected chi connectivity index (χ0v) is 14.9.